The van der Waals surface area contributed by atoms with Gasteiger partial charge in [-0.05, 0) is 65.1 Å². The Kier molecular flexibility index (Phi) is 7.24. The van der Waals surface area contributed by atoms with Crippen molar-refractivity contribution in [1.82, 2.24) is 0 Å². The van der Waals surface area contributed by atoms with Crippen molar-refractivity contribution in [3.63, 3.8) is 0 Å². The monoisotopic (exact) mass is 488 g/mol. The number of hydrogen-bond acceptors (Lipinski definition) is 1. The van der Waals surface area contributed by atoms with Gasteiger partial charge in [0.2, 0.25) is 0 Å². The van der Waals surface area contributed by atoms with Gasteiger partial charge in [0, 0.05) is 5.56 Å². The van der Waals surface area contributed by atoms with E-state index < -0.39 is 51.7 Å². The van der Waals surface area contributed by atoms with Crippen molar-refractivity contribution in [1.29, 1.82) is 0 Å². The Bertz CT molecular complexity index is 1220. The van der Waals surface area contributed by atoms with Crippen LogP contribution in [0.25, 0.3) is 22.3 Å². The Balaban J connectivity index is 1.70. The van der Waals surface area contributed by atoms with E-state index in [0.29, 0.717) is 23.6 Å². The highest BCUT2D eigenvalue weighted by atomic mass is 19.2. The molecule has 2 nitrogen and oxygen atoms in total. The third-order valence-electron chi connectivity index (χ3n) is 6.95. The van der Waals surface area contributed by atoms with E-state index in [4.69, 9.17) is 0 Å². The third kappa shape index (κ3) is 5.24. The number of carboxylic acid groups (broad SMARTS) is 1. The lowest BCUT2D eigenvalue weighted by Crippen LogP contribution is -2.12. The van der Waals surface area contributed by atoms with E-state index in [2.05, 4.69) is 6.92 Å². The summed E-state index contributed by atoms with van der Waals surface area (Å²) in [5.74, 6) is -8.13. The van der Waals surface area contributed by atoms with Crippen LogP contribution in [0.5, 0.6) is 0 Å². The smallest absolute Gasteiger partial charge is 0.341 e. The Labute approximate surface area is 200 Å². The molecule has 0 unspecified atom stereocenters. The first-order chi connectivity index (χ1) is 16.7. The van der Waals surface area contributed by atoms with Gasteiger partial charge in [-0.25, -0.2) is 26.7 Å². The molecule has 0 spiro atoms. The largest absolute Gasteiger partial charge is 0.477 e. The average molecular weight is 488 g/mol. The Morgan fingerprint density at radius 1 is 0.829 bits per heavy atom. The number of hydrogen-bond donors (Lipinski definition) is 1. The fourth-order valence-corrected chi connectivity index (χ4v) is 4.86. The minimum atomic E-state index is -1.87. The van der Waals surface area contributed by atoms with Crippen molar-refractivity contribution in [3.8, 4) is 22.3 Å². The molecule has 0 atom stereocenters. The van der Waals surface area contributed by atoms with Crippen molar-refractivity contribution in [2.75, 3.05) is 0 Å². The fourth-order valence-electron chi connectivity index (χ4n) is 4.86. The molecule has 1 N–H and O–H groups in total. The van der Waals surface area contributed by atoms with Crippen LogP contribution < -0.4 is 0 Å². The molecule has 0 heterocycles. The predicted octanol–water partition coefficient (Wildman–Crippen LogP) is 8.17. The zero-order chi connectivity index (χ0) is 25.3. The van der Waals surface area contributed by atoms with Crippen molar-refractivity contribution < 1.29 is 31.9 Å². The van der Waals surface area contributed by atoms with E-state index in [0.717, 1.165) is 30.4 Å². The number of carboxylic acids is 1. The zero-order valence-electron chi connectivity index (χ0n) is 19.2. The first kappa shape index (κ1) is 24.9. The highest BCUT2D eigenvalue weighted by molar-refractivity contribution is 5.94. The van der Waals surface area contributed by atoms with Crippen LogP contribution in [-0.4, -0.2) is 11.1 Å². The summed E-state index contributed by atoms with van der Waals surface area (Å²) in [6.45, 7) is 2.27. The molecule has 1 aliphatic carbocycles. The number of rotatable bonds is 6. The minimum Gasteiger partial charge on any atom is -0.477 e. The predicted molar refractivity (Wildman–Crippen MR) is 124 cm³/mol. The van der Waals surface area contributed by atoms with Crippen LogP contribution in [0.4, 0.5) is 22.0 Å². The first-order valence-electron chi connectivity index (χ1n) is 11.6. The van der Waals surface area contributed by atoms with E-state index in [-0.39, 0.29) is 5.56 Å². The van der Waals surface area contributed by atoms with Crippen LogP contribution >= 0.6 is 0 Å². The summed E-state index contributed by atoms with van der Waals surface area (Å²) in [4.78, 5) is 11.4. The van der Waals surface area contributed by atoms with Gasteiger partial charge in [0.25, 0.3) is 0 Å². The lowest BCUT2D eigenvalue weighted by molar-refractivity contribution is 0.0686. The second-order valence-electron chi connectivity index (χ2n) is 9.39. The van der Waals surface area contributed by atoms with Gasteiger partial charge >= 0.3 is 5.97 Å². The maximum absolute atomic E-state index is 15.3. The summed E-state index contributed by atoms with van der Waals surface area (Å²) in [7, 11) is 0. The number of aryl methyl sites for hydroxylation is 1. The fraction of sp³-hybridized carbons (Fsp3) is 0.321. The number of benzene rings is 3. The molecule has 35 heavy (non-hydrogen) atoms. The Morgan fingerprint density at radius 3 is 2.00 bits per heavy atom. The van der Waals surface area contributed by atoms with E-state index >= 15 is 4.39 Å². The summed E-state index contributed by atoms with van der Waals surface area (Å²) >= 11 is 0. The molecule has 0 aromatic heterocycles. The standard InChI is InChI=1S/C28H25F5O2/c1-15-2-4-16(5-3-15)6-7-17-8-10-18(11-9-17)20-14-21(29)25(28(34)35)27(33)24(20)19-12-22(30)26(32)23(31)13-19/h8-16H,2-7H2,1H3,(H,34,35)/t15-,16-. The summed E-state index contributed by atoms with van der Waals surface area (Å²) in [6.07, 6.45) is 6.79. The molecule has 0 amide bonds. The molecule has 0 radical (unpaired) electrons. The highest BCUT2D eigenvalue weighted by Gasteiger charge is 2.26. The van der Waals surface area contributed by atoms with Crippen molar-refractivity contribution in [2.24, 2.45) is 11.8 Å². The molecule has 3 aromatic carbocycles. The van der Waals surface area contributed by atoms with Gasteiger partial charge in [0.1, 0.15) is 17.2 Å². The van der Waals surface area contributed by atoms with Crippen molar-refractivity contribution in [2.45, 2.75) is 45.4 Å². The molecule has 0 bridgehead atoms. The van der Waals surface area contributed by atoms with Gasteiger partial charge in [-0.1, -0.05) is 56.9 Å². The van der Waals surface area contributed by atoms with Gasteiger partial charge in [0.05, 0.1) is 0 Å². The number of halogens is 5. The summed E-state index contributed by atoms with van der Waals surface area (Å²) in [5.41, 5.74) is -0.945. The van der Waals surface area contributed by atoms with Crippen LogP contribution in [0.3, 0.4) is 0 Å². The third-order valence-corrected chi connectivity index (χ3v) is 6.95. The van der Waals surface area contributed by atoms with Crippen LogP contribution in [0.1, 0.15) is 54.9 Å². The molecular weight excluding hydrogens is 463 g/mol. The minimum absolute atomic E-state index is 0.0942. The van der Waals surface area contributed by atoms with E-state index in [9.17, 15) is 27.5 Å². The van der Waals surface area contributed by atoms with Gasteiger partial charge in [0.15, 0.2) is 17.5 Å². The number of carbonyl (C=O) groups is 1. The van der Waals surface area contributed by atoms with E-state index in [1.54, 1.807) is 12.1 Å². The normalized spacial score (nSPS) is 18.0. The lowest BCUT2D eigenvalue weighted by Gasteiger charge is -2.26. The molecule has 1 saturated carbocycles. The van der Waals surface area contributed by atoms with Gasteiger partial charge in [-0.2, -0.15) is 0 Å². The molecule has 7 heteroatoms. The zero-order valence-corrected chi connectivity index (χ0v) is 19.2. The van der Waals surface area contributed by atoms with Crippen molar-refractivity contribution >= 4 is 5.97 Å². The molecule has 1 aliphatic rings. The van der Waals surface area contributed by atoms with Gasteiger partial charge < -0.3 is 5.11 Å². The molecular formula is C28H25F5O2. The van der Waals surface area contributed by atoms with Crippen LogP contribution in [0.2, 0.25) is 0 Å². The van der Waals surface area contributed by atoms with Gasteiger partial charge in [-0.3, -0.25) is 0 Å². The molecule has 0 saturated heterocycles. The Morgan fingerprint density at radius 2 is 1.43 bits per heavy atom. The first-order valence-corrected chi connectivity index (χ1v) is 11.6. The molecule has 1 fully saturated rings. The molecule has 0 aliphatic heterocycles. The highest BCUT2D eigenvalue weighted by Crippen LogP contribution is 2.39. The summed E-state index contributed by atoms with van der Waals surface area (Å²) < 4.78 is 71.1. The Hall–Kier alpha value is -3.22. The second-order valence-corrected chi connectivity index (χ2v) is 9.39. The van der Waals surface area contributed by atoms with E-state index in [1.807, 2.05) is 12.1 Å². The van der Waals surface area contributed by atoms with Gasteiger partial charge in [-0.15, -0.1) is 0 Å². The number of aromatic carboxylic acids is 1. The maximum atomic E-state index is 15.3. The average Bonchev–Trinajstić information content (AvgIpc) is 2.81. The maximum Gasteiger partial charge on any atom is 0.341 e. The molecule has 4 rings (SSSR count). The quantitative estimate of drug-likeness (QED) is 0.281. The SMILES string of the molecule is C[C@H]1CC[C@H](CCc2ccc(-c3cc(F)c(C(=O)O)c(F)c3-c3cc(F)c(F)c(F)c3)cc2)CC1. The second kappa shape index (κ2) is 10.2. The van der Waals surface area contributed by atoms with Crippen molar-refractivity contribution in [3.05, 3.63) is 82.7 Å². The topological polar surface area (TPSA) is 37.3 Å². The van der Waals surface area contributed by atoms with E-state index in [1.165, 1.54) is 25.7 Å². The summed E-state index contributed by atoms with van der Waals surface area (Å²) in [5, 5.41) is 9.26. The molecule has 184 valence electrons. The van der Waals surface area contributed by atoms with Crippen LogP contribution in [0, 0.1) is 40.9 Å². The van der Waals surface area contributed by atoms with Crippen LogP contribution in [-0.2, 0) is 6.42 Å². The molecule has 3 aromatic rings. The summed E-state index contributed by atoms with van der Waals surface area (Å²) in [6, 6.07) is 8.83. The lowest BCUT2D eigenvalue weighted by atomic mass is 9.80. The van der Waals surface area contributed by atoms with Crippen LogP contribution in [0.15, 0.2) is 42.5 Å².